The first-order chi connectivity index (χ1) is 14.2. The Balaban J connectivity index is 1.60. The topological polar surface area (TPSA) is 48.7 Å². The van der Waals surface area contributed by atoms with Gasteiger partial charge in [-0.05, 0) is 35.9 Å². The van der Waals surface area contributed by atoms with Gasteiger partial charge in [0.2, 0.25) is 0 Å². The third kappa shape index (κ3) is 4.95. The van der Waals surface area contributed by atoms with Crippen LogP contribution in [0.2, 0.25) is 0 Å². The molecular formula is C24H17BrO4. The minimum atomic E-state index is -0.845. The van der Waals surface area contributed by atoms with Crippen molar-refractivity contribution in [3.63, 3.8) is 0 Å². The molecule has 5 heteroatoms. The zero-order valence-electron chi connectivity index (χ0n) is 15.4. The van der Waals surface area contributed by atoms with E-state index in [1.807, 2.05) is 66.7 Å². The molecule has 1 aromatic heterocycles. The van der Waals surface area contributed by atoms with Gasteiger partial charge in [0.1, 0.15) is 11.5 Å². The molecule has 0 spiro atoms. The number of benzene rings is 3. The summed E-state index contributed by atoms with van der Waals surface area (Å²) in [5, 5.41) is 0. The van der Waals surface area contributed by atoms with E-state index in [0.29, 0.717) is 17.9 Å². The highest BCUT2D eigenvalue weighted by atomic mass is 79.9. The highest BCUT2D eigenvalue weighted by Crippen LogP contribution is 2.33. The molecule has 0 amide bonds. The predicted octanol–water partition coefficient (Wildman–Crippen LogP) is 6.88. The van der Waals surface area contributed by atoms with Gasteiger partial charge < -0.3 is 13.9 Å². The van der Waals surface area contributed by atoms with Crippen molar-refractivity contribution in [2.75, 3.05) is 0 Å². The number of carbonyl (C=O) groups excluding carboxylic acids is 1. The van der Waals surface area contributed by atoms with Gasteiger partial charge in [0, 0.05) is 22.0 Å². The number of carbonyl (C=O) groups is 1. The van der Waals surface area contributed by atoms with Gasteiger partial charge in [-0.15, -0.1) is 0 Å². The van der Waals surface area contributed by atoms with Crippen molar-refractivity contribution in [3.05, 3.63) is 107 Å². The van der Waals surface area contributed by atoms with Crippen molar-refractivity contribution in [3.8, 4) is 23.0 Å². The number of furan rings is 1. The van der Waals surface area contributed by atoms with Gasteiger partial charge >= 0.3 is 6.16 Å². The minimum Gasteiger partial charge on any atom is -0.425 e. The Morgan fingerprint density at radius 2 is 1.48 bits per heavy atom. The van der Waals surface area contributed by atoms with Crippen LogP contribution in [0.3, 0.4) is 0 Å². The van der Waals surface area contributed by atoms with E-state index in [4.69, 9.17) is 13.9 Å². The molecule has 0 saturated heterocycles. The predicted molar refractivity (Wildman–Crippen MR) is 114 cm³/mol. The molecule has 0 fully saturated rings. The Kier molecular flexibility index (Phi) is 5.77. The lowest BCUT2D eigenvalue weighted by atomic mass is 10.1. The lowest BCUT2D eigenvalue weighted by Crippen LogP contribution is -2.14. The summed E-state index contributed by atoms with van der Waals surface area (Å²) < 4.78 is 17.5. The maximum absolute atomic E-state index is 12.3. The van der Waals surface area contributed by atoms with Crippen molar-refractivity contribution in [2.45, 2.75) is 6.42 Å². The zero-order valence-corrected chi connectivity index (χ0v) is 17.0. The molecular weight excluding hydrogens is 432 g/mol. The molecule has 29 heavy (non-hydrogen) atoms. The summed E-state index contributed by atoms with van der Waals surface area (Å²) in [4.78, 5) is 12.3. The van der Waals surface area contributed by atoms with Gasteiger partial charge in [0.15, 0.2) is 0 Å². The van der Waals surface area contributed by atoms with E-state index in [9.17, 15) is 4.79 Å². The molecule has 1 heterocycles. The SMILES string of the molecule is O=C(Oc1ccccc1)Oc1oc(-c2ccccc2)cc1Cc1ccc(Br)cc1. The van der Waals surface area contributed by atoms with Crippen LogP contribution in [-0.2, 0) is 6.42 Å². The maximum Gasteiger partial charge on any atom is 0.521 e. The molecule has 4 nitrogen and oxygen atoms in total. The maximum atomic E-state index is 12.3. The van der Waals surface area contributed by atoms with Gasteiger partial charge in [-0.1, -0.05) is 76.6 Å². The highest BCUT2D eigenvalue weighted by Gasteiger charge is 2.19. The Morgan fingerprint density at radius 1 is 0.828 bits per heavy atom. The number of ether oxygens (including phenoxy) is 2. The van der Waals surface area contributed by atoms with Gasteiger partial charge in [0.05, 0.1) is 0 Å². The van der Waals surface area contributed by atoms with Gasteiger partial charge in [-0.25, -0.2) is 4.79 Å². The Hall–Kier alpha value is -3.31. The second-order valence-electron chi connectivity index (χ2n) is 6.36. The molecule has 0 saturated carbocycles. The van der Waals surface area contributed by atoms with Crippen LogP contribution in [-0.4, -0.2) is 6.16 Å². The smallest absolute Gasteiger partial charge is 0.425 e. The molecule has 0 unspecified atom stereocenters. The normalized spacial score (nSPS) is 10.5. The minimum absolute atomic E-state index is 0.132. The van der Waals surface area contributed by atoms with Crippen molar-refractivity contribution in [1.29, 1.82) is 0 Å². The highest BCUT2D eigenvalue weighted by molar-refractivity contribution is 9.10. The largest absolute Gasteiger partial charge is 0.521 e. The van der Waals surface area contributed by atoms with Crippen LogP contribution in [0.5, 0.6) is 11.7 Å². The summed E-state index contributed by atoms with van der Waals surface area (Å²) in [5.74, 6) is 1.16. The van der Waals surface area contributed by atoms with Crippen LogP contribution in [0.15, 0.2) is 99.9 Å². The molecule has 0 bridgehead atoms. The van der Waals surface area contributed by atoms with E-state index in [1.54, 1.807) is 24.3 Å². The first kappa shape index (κ1) is 19.0. The standard InChI is InChI=1S/C24H17BrO4/c25-20-13-11-17(12-14-20)15-19-16-22(18-7-3-1-4-8-18)28-23(19)29-24(26)27-21-9-5-2-6-10-21/h1-14,16H,15H2. The summed E-state index contributed by atoms with van der Waals surface area (Å²) in [6, 6.07) is 28.3. The molecule has 0 N–H and O–H groups in total. The van der Waals surface area contributed by atoms with Crippen LogP contribution in [0.25, 0.3) is 11.3 Å². The molecule has 4 rings (SSSR count). The first-order valence-corrected chi connectivity index (χ1v) is 9.84. The second kappa shape index (κ2) is 8.80. The van der Waals surface area contributed by atoms with E-state index in [-0.39, 0.29) is 5.95 Å². The summed E-state index contributed by atoms with van der Waals surface area (Å²) >= 11 is 3.44. The molecule has 0 atom stereocenters. The fraction of sp³-hybridized carbons (Fsp3) is 0.0417. The monoisotopic (exact) mass is 448 g/mol. The zero-order chi connectivity index (χ0) is 20.1. The number of hydrogen-bond donors (Lipinski definition) is 0. The summed E-state index contributed by atoms with van der Waals surface area (Å²) in [6.45, 7) is 0. The van der Waals surface area contributed by atoms with E-state index in [1.165, 1.54) is 0 Å². The van der Waals surface area contributed by atoms with Gasteiger partial charge in [0.25, 0.3) is 5.95 Å². The quantitative estimate of drug-likeness (QED) is 0.246. The number of para-hydroxylation sites is 1. The van der Waals surface area contributed by atoms with Crippen LogP contribution in [0.1, 0.15) is 11.1 Å². The Morgan fingerprint density at radius 3 is 2.17 bits per heavy atom. The third-order valence-electron chi connectivity index (χ3n) is 4.26. The molecule has 0 aliphatic rings. The van der Waals surface area contributed by atoms with E-state index < -0.39 is 6.16 Å². The van der Waals surface area contributed by atoms with Crippen molar-refractivity contribution >= 4 is 22.1 Å². The Bertz CT molecular complexity index is 1090. The molecule has 144 valence electrons. The second-order valence-corrected chi connectivity index (χ2v) is 7.28. The Labute approximate surface area is 176 Å². The third-order valence-corrected chi connectivity index (χ3v) is 4.79. The summed E-state index contributed by atoms with van der Waals surface area (Å²) in [7, 11) is 0. The lowest BCUT2D eigenvalue weighted by Gasteiger charge is -2.05. The fourth-order valence-electron chi connectivity index (χ4n) is 2.87. The number of rotatable bonds is 5. The van der Waals surface area contributed by atoms with Crippen molar-refractivity contribution in [2.24, 2.45) is 0 Å². The summed E-state index contributed by atoms with van der Waals surface area (Å²) in [5.41, 5.74) is 2.72. The summed E-state index contributed by atoms with van der Waals surface area (Å²) in [6.07, 6.45) is -0.292. The fourth-order valence-corrected chi connectivity index (χ4v) is 3.13. The van der Waals surface area contributed by atoms with Gasteiger partial charge in [-0.2, -0.15) is 0 Å². The molecule has 0 radical (unpaired) electrons. The van der Waals surface area contributed by atoms with Gasteiger partial charge in [-0.3, -0.25) is 0 Å². The van der Waals surface area contributed by atoms with E-state index in [2.05, 4.69) is 15.9 Å². The van der Waals surface area contributed by atoms with Crippen molar-refractivity contribution < 1.29 is 18.7 Å². The van der Waals surface area contributed by atoms with Crippen LogP contribution < -0.4 is 9.47 Å². The average molecular weight is 449 g/mol. The molecule has 4 aromatic rings. The lowest BCUT2D eigenvalue weighted by molar-refractivity contribution is 0.140. The molecule has 0 aliphatic carbocycles. The molecule has 3 aromatic carbocycles. The first-order valence-electron chi connectivity index (χ1n) is 9.05. The van der Waals surface area contributed by atoms with Crippen LogP contribution in [0.4, 0.5) is 4.79 Å². The average Bonchev–Trinajstić information content (AvgIpc) is 3.13. The van der Waals surface area contributed by atoms with Crippen LogP contribution in [0, 0.1) is 0 Å². The molecule has 0 aliphatic heterocycles. The number of halogens is 1. The van der Waals surface area contributed by atoms with E-state index in [0.717, 1.165) is 21.2 Å². The van der Waals surface area contributed by atoms with E-state index >= 15 is 0 Å². The van der Waals surface area contributed by atoms with Crippen LogP contribution >= 0.6 is 15.9 Å². The number of hydrogen-bond acceptors (Lipinski definition) is 4. The van der Waals surface area contributed by atoms with Crippen molar-refractivity contribution in [1.82, 2.24) is 0 Å².